The van der Waals surface area contributed by atoms with Crippen LogP contribution in [0, 0.1) is 12.8 Å². The minimum Gasteiger partial charge on any atom is -0.399 e. The second-order valence-electron chi connectivity index (χ2n) is 8.15. The molecule has 0 saturated heterocycles. The maximum Gasteiger partial charge on any atom is 0.228 e. The number of nitrogens with one attached hydrogen (secondary N) is 2. The molecule has 0 bridgehead atoms. The molecule has 1 aliphatic rings. The highest BCUT2D eigenvalue weighted by Crippen LogP contribution is 2.34. The Morgan fingerprint density at radius 3 is 2.68 bits per heavy atom. The van der Waals surface area contributed by atoms with Crippen molar-refractivity contribution in [3.8, 4) is 22.4 Å². The lowest BCUT2D eigenvalue weighted by Gasteiger charge is -2.17. The zero-order valence-electron chi connectivity index (χ0n) is 17.7. The summed E-state index contributed by atoms with van der Waals surface area (Å²) in [7, 11) is 0. The van der Waals surface area contributed by atoms with E-state index in [4.69, 9.17) is 5.73 Å². The highest BCUT2D eigenvalue weighted by molar-refractivity contribution is 5.93. The fraction of sp³-hybridized carbons (Fsp3) is 0.292. The Kier molecular flexibility index (Phi) is 5.86. The van der Waals surface area contributed by atoms with Crippen LogP contribution in [-0.2, 0) is 4.79 Å². The number of amides is 1. The van der Waals surface area contributed by atoms with Crippen molar-refractivity contribution in [3.05, 3.63) is 54.4 Å². The first kappa shape index (κ1) is 20.8. The topological polar surface area (TPSA) is 113 Å². The van der Waals surface area contributed by atoms with Crippen LogP contribution in [0.4, 0.5) is 17.2 Å². The van der Waals surface area contributed by atoms with Gasteiger partial charge in [0.1, 0.15) is 12.1 Å². The Morgan fingerprint density at radius 1 is 1.16 bits per heavy atom. The summed E-state index contributed by atoms with van der Waals surface area (Å²) < 4.78 is 0. The van der Waals surface area contributed by atoms with E-state index in [-0.39, 0.29) is 24.5 Å². The second kappa shape index (κ2) is 8.73. The highest BCUT2D eigenvalue weighted by atomic mass is 16.3. The molecular weight excluding hydrogens is 390 g/mol. The van der Waals surface area contributed by atoms with Gasteiger partial charge in [-0.1, -0.05) is 6.07 Å². The van der Waals surface area contributed by atoms with Crippen LogP contribution in [0.15, 0.2) is 48.8 Å². The molecule has 0 unspecified atom stereocenters. The number of rotatable bonds is 7. The minimum atomic E-state index is -0.108. The van der Waals surface area contributed by atoms with E-state index in [1.54, 1.807) is 6.07 Å². The van der Waals surface area contributed by atoms with Crippen LogP contribution in [0.1, 0.15) is 25.3 Å². The fourth-order valence-corrected chi connectivity index (χ4v) is 3.45. The van der Waals surface area contributed by atoms with Gasteiger partial charge in [0, 0.05) is 35.0 Å². The molecule has 1 aliphatic carbocycles. The number of nitrogens with zero attached hydrogens (tertiary/aromatic N) is 2. The van der Waals surface area contributed by atoms with E-state index in [0.29, 0.717) is 17.2 Å². The van der Waals surface area contributed by atoms with Gasteiger partial charge in [-0.2, -0.15) is 0 Å². The molecule has 5 N–H and O–H groups in total. The lowest BCUT2D eigenvalue weighted by atomic mass is 9.96. The van der Waals surface area contributed by atoms with E-state index >= 15 is 0 Å². The number of aliphatic hydroxyl groups excluding tert-OH is 1. The van der Waals surface area contributed by atoms with Gasteiger partial charge in [0.2, 0.25) is 5.91 Å². The molecule has 0 radical (unpaired) electrons. The van der Waals surface area contributed by atoms with Crippen LogP contribution in [-0.4, -0.2) is 33.6 Å². The van der Waals surface area contributed by atoms with Crippen LogP contribution >= 0.6 is 0 Å². The number of carbonyl (C=O) groups excluding carboxylic acids is 1. The molecule has 160 valence electrons. The number of aryl methyl sites for hydroxylation is 1. The average Bonchev–Trinajstić information content (AvgIpc) is 3.61. The van der Waals surface area contributed by atoms with Gasteiger partial charge in [-0.3, -0.25) is 4.79 Å². The molecule has 1 aromatic heterocycles. The van der Waals surface area contributed by atoms with Crippen molar-refractivity contribution >= 4 is 23.1 Å². The third kappa shape index (κ3) is 5.00. The summed E-state index contributed by atoms with van der Waals surface area (Å²) in [5, 5.41) is 15.7. The number of aromatic nitrogens is 2. The molecule has 0 spiro atoms. The molecule has 1 fully saturated rings. The predicted molar refractivity (Wildman–Crippen MR) is 124 cm³/mol. The van der Waals surface area contributed by atoms with Crippen molar-refractivity contribution in [1.29, 1.82) is 0 Å². The monoisotopic (exact) mass is 417 g/mol. The Bertz CT molecular complexity index is 1110. The second-order valence-corrected chi connectivity index (χ2v) is 8.15. The molecule has 1 heterocycles. The van der Waals surface area contributed by atoms with Crippen LogP contribution in [0.3, 0.4) is 0 Å². The molecule has 0 aliphatic heterocycles. The number of benzene rings is 2. The first-order chi connectivity index (χ1) is 14.9. The average molecular weight is 418 g/mol. The molecule has 7 heteroatoms. The van der Waals surface area contributed by atoms with Gasteiger partial charge in [0.15, 0.2) is 0 Å². The van der Waals surface area contributed by atoms with Gasteiger partial charge in [-0.15, -0.1) is 0 Å². The Labute approximate surface area is 181 Å². The number of hydrogen-bond donors (Lipinski definition) is 4. The van der Waals surface area contributed by atoms with Crippen LogP contribution in [0.5, 0.6) is 0 Å². The summed E-state index contributed by atoms with van der Waals surface area (Å²) in [6, 6.07) is 13.6. The van der Waals surface area contributed by atoms with Crippen molar-refractivity contribution in [2.75, 3.05) is 23.0 Å². The maximum atomic E-state index is 12.1. The number of nitrogens with two attached hydrogens (primary N) is 1. The summed E-state index contributed by atoms with van der Waals surface area (Å²) >= 11 is 0. The third-order valence-electron chi connectivity index (χ3n) is 5.35. The van der Waals surface area contributed by atoms with Crippen molar-refractivity contribution < 1.29 is 9.90 Å². The van der Waals surface area contributed by atoms with Crippen LogP contribution < -0.4 is 16.4 Å². The van der Waals surface area contributed by atoms with Crippen molar-refractivity contribution in [1.82, 2.24) is 9.97 Å². The van der Waals surface area contributed by atoms with E-state index in [1.807, 2.05) is 50.2 Å². The third-order valence-corrected chi connectivity index (χ3v) is 5.35. The summed E-state index contributed by atoms with van der Waals surface area (Å²) in [5.74, 6) is 0.600. The summed E-state index contributed by atoms with van der Waals surface area (Å²) in [5.41, 5.74) is 12.3. The molecule has 1 atom stereocenters. The largest absolute Gasteiger partial charge is 0.399 e. The van der Waals surface area contributed by atoms with E-state index in [9.17, 15) is 9.90 Å². The van der Waals surface area contributed by atoms with E-state index in [2.05, 4.69) is 20.6 Å². The molecule has 31 heavy (non-hydrogen) atoms. The molecule has 3 aromatic rings. The maximum absolute atomic E-state index is 12.1. The van der Waals surface area contributed by atoms with Crippen LogP contribution in [0.25, 0.3) is 22.4 Å². The lowest BCUT2D eigenvalue weighted by molar-refractivity contribution is -0.117. The van der Waals surface area contributed by atoms with Crippen molar-refractivity contribution in [3.63, 3.8) is 0 Å². The predicted octanol–water partition coefficient (Wildman–Crippen LogP) is 3.84. The van der Waals surface area contributed by atoms with Gasteiger partial charge < -0.3 is 21.5 Å². The Balaban J connectivity index is 1.75. The van der Waals surface area contributed by atoms with Gasteiger partial charge >= 0.3 is 0 Å². The summed E-state index contributed by atoms with van der Waals surface area (Å²) in [6.07, 6.45) is 3.33. The number of nitrogen functional groups attached to an aromatic ring is 1. The van der Waals surface area contributed by atoms with Gasteiger partial charge in [0.25, 0.3) is 0 Å². The zero-order chi connectivity index (χ0) is 22.0. The van der Waals surface area contributed by atoms with Crippen LogP contribution in [0.2, 0.25) is 0 Å². The first-order valence-corrected chi connectivity index (χ1v) is 10.4. The minimum absolute atomic E-state index is 0.00733. The van der Waals surface area contributed by atoms with Crippen molar-refractivity contribution in [2.24, 2.45) is 5.92 Å². The van der Waals surface area contributed by atoms with Gasteiger partial charge in [0.05, 0.1) is 12.3 Å². The molecule has 4 rings (SSSR count). The lowest BCUT2D eigenvalue weighted by Crippen LogP contribution is -2.19. The number of aliphatic hydroxyl groups is 1. The molecule has 7 nitrogen and oxygen atoms in total. The van der Waals surface area contributed by atoms with E-state index in [1.165, 1.54) is 6.33 Å². The zero-order valence-corrected chi connectivity index (χ0v) is 17.7. The fourth-order valence-electron chi connectivity index (χ4n) is 3.45. The Morgan fingerprint density at radius 2 is 1.94 bits per heavy atom. The molecule has 1 saturated carbocycles. The number of hydrogen-bond acceptors (Lipinski definition) is 6. The molecule has 1 amide bonds. The van der Waals surface area contributed by atoms with Gasteiger partial charge in [-0.25, -0.2) is 9.97 Å². The molecule has 2 aromatic carbocycles. The smallest absolute Gasteiger partial charge is 0.228 e. The summed E-state index contributed by atoms with van der Waals surface area (Å²) in [6.45, 7) is 3.97. The SMILES string of the molecule is Cc1ccc(N)cc1-c1cc(N[C@H](C)CO)cc(-c2cc(NC(=O)C3CC3)ncn2)c1. The number of carbonyl (C=O) groups is 1. The van der Waals surface area contributed by atoms with E-state index in [0.717, 1.165) is 40.8 Å². The molecular formula is C24H27N5O2. The van der Waals surface area contributed by atoms with Gasteiger partial charge in [-0.05, 0) is 73.7 Å². The normalized spacial score (nSPS) is 14.2. The standard InChI is InChI=1S/C24H27N5O2/c1-14-3-6-19(25)10-21(14)17-7-18(9-20(8-17)28-15(2)12-30)22-11-23(27-13-26-22)29-24(31)16-4-5-16/h3,6-11,13,15-16,28,30H,4-5,12,25H2,1-2H3,(H,26,27,29,31)/t15-/m1/s1. The number of anilines is 3. The van der Waals surface area contributed by atoms with Crippen molar-refractivity contribution in [2.45, 2.75) is 32.7 Å². The summed E-state index contributed by atoms with van der Waals surface area (Å²) in [4.78, 5) is 20.7. The highest BCUT2D eigenvalue weighted by Gasteiger charge is 2.29. The van der Waals surface area contributed by atoms with E-state index < -0.39 is 0 Å². The first-order valence-electron chi connectivity index (χ1n) is 10.4. The quantitative estimate of drug-likeness (QED) is 0.435. The Hall–Kier alpha value is -3.45.